The Hall–Kier alpha value is -1.81. The predicted molar refractivity (Wildman–Crippen MR) is 86.3 cm³/mol. The second-order valence-corrected chi connectivity index (χ2v) is 5.30. The molecule has 2 aromatic rings. The number of methoxy groups -OCH3 is 1. The Balaban J connectivity index is 2.27. The zero-order chi connectivity index (χ0) is 15.4. The number of halogens is 1. The highest BCUT2D eigenvalue weighted by atomic mass is 35.5. The van der Waals surface area contributed by atoms with Gasteiger partial charge in [0, 0.05) is 25.6 Å². The average Bonchev–Trinajstić information content (AvgIpc) is 2.49. The van der Waals surface area contributed by atoms with Gasteiger partial charge in [-0.15, -0.1) is 0 Å². The summed E-state index contributed by atoms with van der Waals surface area (Å²) in [5.74, 6) is 2.49. The van der Waals surface area contributed by atoms with E-state index in [-0.39, 0.29) is 0 Å². The molecular weight excluding hydrogens is 286 g/mol. The lowest BCUT2D eigenvalue weighted by Gasteiger charge is -2.21. The highest BCUT2D eigenvalue weighted by molar-refractivity contribution is 6.30. The van der Waals surface area contributed by atoms with Crippen molar-refractivity contribution in [3.05, 3.63) is 46.4 Å². The maximum atomic E-state index is 6.19. The van der Waals surface area contributed by atoms with Crippen LogP contribution in [0.2, 0.25) is 5.15 Å². The summed E-state index contributed by atoms with van der Waals surface area (Å²) in [6, 6.07) is 8.01. The number of rotatable bonds is 5. The van der Waals surface area contributed by atoms with Crippen molar-refractivity contribution >= 4 is 17.4 Å². The number of ether oxygens (including phenoxy) is 1. The number of benzene rings is 1. The van der Waals surface area contributed by atoms with Crippen molar-refractivity contribution < 1.29 is 4.74 Å². The van der Waals surface area contributed by atoms with Crippen molar-refractivity contribution in [1.29, 1.82) is 0 Å². The Kier molecular flexibility index (Phi) is 5.02. The Bertz CT molecular complexity index is 631. The summed E-state index contributed by atoms with van der Waals surface area (Å²) >= 11 is 6.19. The van der Waals surface area contributed by atoms with Crippen molar-refractivity contribution in [2.75, 3.05) is 19.1 Å². The SMILES string of the molecule is CCc1nc(Cl)c(C)c(N(C)Cc2cccc(OC)c2)n1. The van der Waals surface area contributed by atoms with Crippen LogP contribution in [0.3, 0.4) is 0 Å². The molecule has 1 heterocycles. The lowest BCUT2D eigenvalue weighted by atomic mass is 10.2. The third kappa shape index (κ3) is 3.64. The van der Waals surface area contributed by atoms with Gasteiger partial charge in [0.1, 0.15) is 22.5 Å². The zero-order valence-corrected chi connectivity index (χ0v) is 13.6. The molecule has 4 nitrogen and oxygen atoms in total. The van der Waals surface area contributed by atoms with Gasteiger partial charge in [-0.3, -0.25) is 0 Å². The van der Waals surface area contributed by atoms with Gasteiger partial charge in [0.25, 0.3) is 0 Å². The molecule has 21 heavy (non-hydrogen) atoms. The molecule has 1 aromatic carbocycles. The van der Waals surface area contributed by atoms with Crippen LogP contribution in [0.25, 0.3) is 0 Å². The van der Waals surface area contributed by atoms with Crippen LogP contribution in [-0.4, -0.2) is 24.1 Å². The van der Waals surface area contributed by atoms with Crippen LogP contribution in [0.1, 0.15) is 23.9 Å². The van der Waals surface area contributed by atoms with Gasteiger partial charge < -0.3 is 9.64 Å². The minimum Gasteiger partial charge on any atom is -0.497 e. The largest absolute Gasteiger partial charge is 0.497 e. The second kappa shape index (κ2) is 6.76. The third-order valence-corrected chi connectivity index (χ3v) is 3.71. The maximum Gasteiger partial charge on any atom is 0.137 e. The highest BCUT2D eigenvalue weighted by Crippen LogP contribution is 2.24. The number of aryl methyl sites for hydroxylation is 1. The first kappa shape index (κ1) is 15.6. The van der Waals surface area contributed by atoms with Gasteiger partial charge in [-0.25, -0.2) is 9.97 Å². The Morgan fingerprint density at radius 3 is 2.71 bits per heavy atom. The first-order valence-electron chi connectivity index (χ1n) is 6.92. The summed E-state index contributed by atoms with van der Waals surface area (Å²) in [5, 5.41) is 0.523. The molecule has 1 aromatic heterocycles. The topological polar surface area (TPSA) is 38.2 Å². The minimum absolute atomic E-state index is 0.523. The van der Waals surface area contributed by atoms with E-state index in [1.807, 2.05) is 39.1 Å². The van der Waals surface area contributed by atoms with E-state index >= 15 is 0 Å². The summed E-state index contributed by atoms with van der Waals surface area (Å²) in [6.45, 7) is 4.69. The quantitative estimate of drug-likeness (QED) is 0.790. The number of hydrogen-bond acceptors (Lipinski definition) is 4. The standard InChI is InChI=1S/C16H20ClN3O/c1-5-14-18-15(17)11(2)16(19-14)20(3)10-12-7-6-8-13(9-12)21-4/h6-9H,5,10H2,1-4H3. The van der Waals surface area contributed by atoms with Crippen molar-refractivity contribution in [3.63, 3.8) is 0 Å². The smallest absolute Gasteiger partial charge is 0.137 e. The van der Waals surface area contributed by atoms with Crippen molar-refractivity contribution in [3.8, 4) is 5.75 Å². The van der Waals surface area contributed by atoms with Crippen molar-refractivity contribution in [2.45, 2.75) is 26.8 Å². The zero-order valence-electron chi connectivity index (χ0n) is 12.9. The second-order valence-electron chi connectivity index (χ2n) is 4.94. The predicted octanol–water partition coefficient (Wildman–Crippen LogP) is 3.65. The average molecular weight is 306 g/mol. The Morgan fingerprint density at radius 1 is 1.29 bits per heavy atom. The van der Waals surface area contributed by atoms with Crippen LogP contribution in [0.5, 0.6) is 5.75 Å². The van der Waals surface area contributed by atoms with Crippen LogP contribution in [0, 0.1) is 6.92 Å². The van der Waals surface area contributed by atoms with Gasteiger partial charge in [0.2, 0.25) is 0 Å². The van der Waals surface area contributed by atoms with E-state index in [0.717, 1.165) is 41.5 Å². The molecule has 0 unspecified atom stereocenters. The van der Waals surface area contributed by atoms with Crippen molar-refractivity contribution in [2.24, 2.45) is 0 Å². The van der Waals surface area contributed by atoms with E-state index in [2.05, 4.69) is 20.9 Å². The Labute approximate surface area is 130 Å². The molecule has 0 amide bonds. The van der Waals surface area contributed by atoms with Gasteiger partial charge in [-0.2, -0.15) is 0 Å². The van der Waals surface area contributed by atoms with Gasteiger partial charge in [-0.1, -0.05) is 30.7 Å². The summed E-state index contributed by atoms with van der Waals surface area (Å²) in [6.07, 6.45) is 0.764. The molecule has 0 fully saturated rings. The lowest BCUT2D eigenvalue weighted by Crippen LogP contribution is -2.20. The molecule has 0 spiro atoms. The molecule has 0 bridgehead atoms. The van der Waals surface area contributed by atoms with Crippen LogP contribution in [0.15, 0.2) is 24.3 Å². The molecule has 0 aliphatic heterocycles. The molecule has 0 radical (unpaired) electrons. The van der Waals surface area contributed by atoms with E-state index in [0.29, 0.717) is 5.15 Å². The van der Waals surface area contributed by atoms with Gasteiger partial charge in [0.15, 0.2) is 0 Å². The molecule has 0 N–H and O–H groups in total. The van der Waals surface area contributed by atoms with Crippen LogP contribution >= 0.6 is 11.6 Å². The summed E-state index contributed by atoms with van der Waals surface area (Å²) < 4.78 is 5.26. The lowest BCUT2D eigenvalue weighted by molar-refractivity contribution is 0.414. The fraction of sp³-hybridized carbons (Fsp3) is 0.375. The van der Waals surface area contributed by atoms with Gasteiger partial charge in [0.05, 0.1) is 7.11 Å². The highest BCUT2D eigenvalue weighted by Gasteiger charge is 2.13. The molecular formula is C16H20ClN3O. The number of aromatic nitrogens is 2. The molecule has 5 heteroatoms. The van der Waals surface area contributed by atoms with Gasteiger partial charge in [-0.05, 0) is 24.6 Å². The molecule has 112 valence electrons. The molecule has 0 saturated heterocycles. The van der Waals surface area contributed by atoms with E-state index in [1.54, 1.807) is 7.11 Å². The fourth-order valence-electron chi connectivity index (χ4n) is 2.17. The van der Waals surface area contributed by atoms with E-state index in [9.17, 15) is 0 Å². The maximum absolute atomic E-state index is 6.19. The number of anilines is 1. The van der Waals surface area contributed by atoms with Crippen LogP contribution in [-0.2, 0) is 13.0 Å². The molecule has 0 aliphatic carbocycles. The fourth-order valence-corrected chi connectivity index (χ4v) is 2.35. The summed E-state index contributed by atoms with van der Waals surface area (Å²) in [5.41, 5.74) is 2.06. The van der Waals surface area contributed by atoms with Crippen LogP contribution < -0.4 is 9.64 Å². The third-order valence-electron chi connectivity index (χ3n) is 3.34. The molecule has 0 saturated carbocycles. The number of nitrogens with zero attached hydrogens (tertiary/aromatic N) is 3. The molecule has 0 atom stereocenters. The Morgan fingerprint density at radius 2 is 2.05 bits per heavy atom. The first-order valence-corrected chi connectivity index (χ1v) is 7.30. The van der Waals surface area contributed by atoms with E-state index < -0.39 is 0 Å². The molecule has 2 rings (SSSR count). The van der Waals surface area contributed by atoms with Crippen molar-refractivity contribution in [1.82, 2.24) is 9.97 Å². The number of hydrogen-bond donors (Lipinski definition) is 0. The molecule has 0 aliphatic rings. The first-order chi connectivity index (χ1) is 10.0. The normalized spacial score (nSPS) is 10.5. The summed E-state index contributed by atoms with van der Waals surface area (Å²) in [4.78, 5) is 10.9. The minimum atomic E-state index is 0.523. The van der Waals surface area contributed by atoms with E-state index in [1.165, 1.54) is 0 Å². The monoisotopic (exact) mass is 305 g/mol. The van der Waals surface area contributed by atoms with Gasteiger partial charge >= 0.3 is 0 Å². The summed E-state index contributed by atoms with van der Waals surface area (Å²) in [7, 11) is 3.68. The van der Waals surface area contributed by atoms with Crippen LogP contribution in [0.4, 0.5) is 5.82 Å². The van der Waals surface area contributed by atoms with E-state index in [4.69, 9.17) is 16.3 Å².